The lowest BCUT2D eigenvalue weighted by molar-refractivity contribution is 0.607. The molecular weight excluding hydrogens is 468 g/mol. The lowest BCUT2D eigenvalue weighted by Gasteiger charge is -2.21. The molecule has 0 saturated carbocycles. The van der Waals surface area contributed by atoms with Crippen LogP contribution in [0, 0.1) is 0 Å². The second kappa shape index (κ2) is 10.2. The van der Waals surface area contributed by atoms with Crippen molar-refractivity contribution in [3.63, 3.8) is 0 Å². The van der Waals surface area contributed by atoms with E-state index in [1.54, 1.807) is 12.1 Å². The molecular formula is C29H26N4O2S. The van der Waals surface area contributed by atoms with Crippen LogP contribution in [0.4, 0.5) is 11.5 Å². The Hall–Kier alpha value is -4.23. The van der Waals surface area contributed by atoms with Gasteiger partial charge in [-0.3, -0.25) is 4.72 Å². The summed E-state index contributed by atoms with van der Waals surface area (Å²) in [6, 6.07) is 35.7. The van der Waals surface area contributed by atoms with E-state index in [1.165, 1.54) is 11.1 Å². The number of fused-ring (bicyclic) bond motifs is 1. The molecule has 0 aliphatic heterocycles. The zero-order valence-electron chi connectivity index (χ0n) is 19.8. The Balaban J connectivity index is 1.54. The molecule has 0 aliphatic carbocycles. The van der Waals surface area contributed by atoms with Crippen molar-refractivity contribution in [2.45, 2.75) is 12.5 Å². The number of hydrogen-bond acceptors (Lipinski definition) is 5. The topological polar surface area (TPSA) is 84.0 Å². The number of nitrogens with zero attached hydrogens (tertiary/aromatic N) is 2. The molecule has 1 atom stereocenters. The third-order valence-electron chi connectivity index (χ3n) is 5.85. The highest BCUT2D eigenvalue weighted by Crippen LogP contribution is 2.30. The predicted octanol–water partition coefficient (Wildman–Crippen LogP) is 6.06. The van der Waals surface area contributed by atoms with Crippen LogP contribution in [0.25, 0.3) is 22.3 Å². The number of sulfonamides is 1. The van der Waals surface area contributed by atoms with E-state index in [-0.39, 0.29) is 6.04 Å². The zero-order valence-corrected chi connectivity index (χ0v) is 20.6. The first-order chi connectivity index (χ1) is 17.4. The van der Waals surface area contributed by atoms with E-state index in [2.05, 4.69) is 46.4 Å². The van der Waals surface area contributed by atoms with Gasteiger partial charge in [0.1, 0.15) is 5.82 Å². The Kier molecular flexibility index (Phi) is 6.64. The van der Waals surface area contributed by atoms with Crippen LogP contribution in [0.1, 0.15) is 17.2 Å². The Bertz CT molecular complexity index is 1570. The predicted molar refractivity (Wildman–Crippen MR) is 146 cm³/mol. The average Bonchev–Trinajstić information content (AvgIpc) is 2.89. The number of anilines is 2. The summed E-state index contributed by atoms with van der Waals surface area (Å²) >= 11 is 0. The van der Waals surface area contributed by atoms with Crippen LogP contribution in [0.3, 0.4) is 0 Å². The minimum atomic E-state index is -3.35. The van der Waals surface area contributed by atoms with Crippen molar-refractivity contribution in [1.29, 1.82) is 0 Å². The molecule has 2 N–H and O–H groups in total. The maximum Gasteiger partial charge on any atom is 0.229 e. The number of aromatic nitrogens is 2. The van der Waals surface area contributed by atoms with Gasteiger partial charge in [-0.2, -0.15) is 0 Å². The number of para-hydroxylation sites is 1. The van der Waals surface area contributed by atoms with Gasteiger partial charge < -0.3 is 5.32 Å². The van der Waals surface area contributed by atoms with Crippen LogP contribution < -0.4 is 10.0 Å². The molecule has 0 spiro atoms. The molecule has 0 saturated heterocycles. The fourth-order valence-electron chi connectivity index (χ4n) is 4.17. The molecule has 5 aromatic rings. The van der Waals surface area contributed by atoms with E-state index in [9.17, 15) is 8.42 Å². The van der Waals surface area contributed by atoms with E-state index in [0.717, 1.165) is 35.0 Å². The Labute approximate surface area is 211 Å². The number of hydrogen-bond donors (Lipinski definition) is 2. The minimum Gasteiger partial charge on any atom is -0.362 e. The van der Waals surface area contributed by atoms with Crippen LogP contribution in [0.2, 0.25) is 0 Å². The largest absolute Gasteiger partial charge is 0.362 e. The van der Waals surface area contributed by atoms with Crippen molar-refractivity contribution < 1.29 is 8.42 Å². The SMILES string of the molecule is CS(=O)(=O)Nc1ccc(-c2nc(NC(Cc3ccccc3)c3ccccc3)c3ccccc3n2)cc1. The summed E-state index contributed by atoms with van der Waals surface area (Å²) in [5.74, 6) is 1.31. The van der Waals surface area contributed by atoms with Crippen molar-refractivity contribution in [3.05, 3.63) is 120 Å². The Morgan fingerprint density at radius 2 is 1.39 bits per heavy atom. The highest BCUT2D eigenvalue weighted by Gasteiger charge is 2.17. The van der Waals surface area contributed by atoms with Gasteiger partial charge in [0.25, 0.3) is 0 Å². The van der Waals surface area contributed by atoms with Crippen molar-refractivity contribution in [2.75, 3.05) is 16.3 Å². The van der Waals surface area contributed by atoms with Crippen LogP contribution in [0.5, 0.6) is 0 Å². The Morgan fingerprint density at radius 3 is 2.08 bits per heavy atom. The van der Waals surface area contributed by atoms with Gasteiger partial charge >= 0.3 is 0 Å². The van der Waals surface area contributed by atoms with Gasteiger partial charge in [0, 0.05) is 16.6 Å². The molecule has 4 aromatic carbocycles. The molecule has 36 heavy (non-hydrogen) atoms. The standard InChI is InChI=1S/C29H26N4O2S/c1-36(34,35)33-24-18-16-23(17-19-24)28-30-26-15-9-8-14-25(26)29(32-28)31-27(22-12-6-3-7-13-22)20-21-10-4-2-5-11-21/h2-19,27,33H,20H2,1H3,(H,30,31,32). The molecule has 5 rings (SSSR count). The molecule has 0 bridgehead atoms. The smallest absolute Gasteiger partial charge is 0.229 e. The third kappa shape index (κ3) is 5.70. The second-order valence-electron chi connectivity index (χ2n) is 8.66. The highest BCUT2D eigenvalue weighted by molar-refractivity contribution is 7.92. The zero-order chi connectivity index (χ0) is 25.0. The van der Waals surface area contributed by atoms with E-state index in [0.29, 0.717) is 11.5 Å². The third-order valence-corrected chi connectivity index (χ3v) is 6.45. The van der Waals surface area contributed by atoms with Crippen LogP contribution in [0.15, 0.2) is 109 Å². The van der Waals surface area contributed by atoms with Crippen LogP contribution in [-0.2, 0) is 16.4 Å². The van der Waals surface area contributed by atoms with Crippen molar-refractivity contribution >= 4 is 32.4 Å². The fourth-order valence-corrected chi connectivity index (χ4v) is 4.73. The minimum absolute atomic E-state index is 0.00101. The molecule has 0 aliphatic rings. The summed E-state index contributed by atoms with van der Waals surface area (Å²) in [5, 5.41) is 4.63. The summed E-state index contributed by atoms with van der Waals surface area (Å²) in [4.78, 5) is 9.71. The molecule has 180 valence electrons. The fraction of sp³-hybridized carbons (Fsp3) is 0.103. The number of rotatable bonds is 8. The van der Waals surface area contributed by atoms with E-state index in [1.807, 2.05) is 60.7 Å². The summed E-state index contributed by atoms with van der Waals surface area (Å²) in [6.07, 6.45) is 1.92. The molecule has 6 nitrogen and oxygen atoms in total. The monoisotopic (exact) mass is 494 g/mol. The lowest BCUT2D eigenvalue weighted by Crippen LogP contribution is -2.15. The van der Waals surface area contributed by atoms with Gasteiger partial charge in [-0.1, -0.05) is 72.8 Å². The van der Waals surface area contributed by atoms with Gasteiger partial charge in [0.05, 0.1) is 17.8 Å². The van der Waals surface area contributed by atoms with Gasteiger partial charge in [-0.25, -0.2) is 18.4 Å². The van der Waals surface area contributed by atoms with E-state index in [4.69, 9.17) is 9.97 Å². The summed E-state index contributed by atoms with van der Waals surface area (Å²) in [7, 11) is -3.35. The molecule has 7 heteroatoms. The average molecular weight is 495 g/mol. The van der Waals surface area contributed by atoms with Gasteiger partial charge in [-0.05, 0) is 53.9 Å². The normalized spacial score (nSPS) is 12.2. The molecule has 0 amide bonds. The molecule has 1 aromatic heterocycles. The lowest BCUT2D eigenvalue weighted by atomic mass is 9.98. The first-order valence-corrected chi connectivity index (χ1v) is 13.5. The van der Waals surface area contributed by atoms with Gasteiger partial charge in [0.2, 0.25) is 10.0 Å². The molecule has 1 heterocycles. The first-order valence-electron chi connectivity index (χ1n) is 11.6. The van der Waals surface area contributed by atoms with Crippen LogP contribution >= 0.6 is 0 Å². The summed E-state index contributed by atoms with van der Waals surface area (Å²) < 4.78 is 25.6. The molecule has 0 radical (unpaired) electrons. The van der Waals surface area contributed by atoms with E-state index < -0.39 is 10.0 Å². The first kappa shape index (κ1) is 23.5. The second-order valence-corrected chi connectivity index (χ2v) is 10.4. The number of nitrogens with one attached hydrogen (secondary N) is 2. The van der Waals surface area contributed by atoms with Gasteiger partial charge in [-0.15, -0.1) is 0 Å². The van der Waals surface area contributed by atoms with Crippen molar-refractivity contribution in [2.24, 2.45) is 0 Å². The molecule has 1 unspecified atom stereocenters. The Morgan fingerprint density at radius 1 is 0.750 bits per heavy atom. The van der Waals surface area contributed by atoms with Crippen LogP contribution in [-0.4, -0.2) is 24.6 Å². The quantitative estimate of drug-likeness (QED) is 0.274. The molecule has 0 fully saturated rings. The maximum absolute atomic E-state index is 11.6. The van der Waals surface area contributed by atoms with Gasteiger partial charge in [0.15, 0.2) is 5.82 Å². The maximum atomic E-state index is 11.6. The number of benzene rings is 4. The van der Waals surface area contributed by atoms with Crippen molar-refractivity contribution in [3.8, 4) is 11.4 Å². The summed E-state index contributed by atoms with van der Waals surface area (Å²) in [6.45, 7) is 0. The van der Waals surface area contributed by atoms with E-state index >= 15 is 0 Å². The highest BCUT2D eigenvalue weighted by atomic mass is 32.2. The summed E-state index contributed by atoms with van der Waals surface area (Å²) in [5.41, 5.74) is 4.51. The van der Waals surface area contributed by atoms with Crippen molar-refractivity contribution in [1.82, 2.24) is 9.97 Å².